The van der Waals surface area contributed by atoms with Crippen LogP contribution in [-0.2, 0) is 9.53 Å². The number of hydrazine groups is 1. The number of carbonyl (C=O) groups excluding carboxylic acids is 1. The highest BCUT2D eigenvalue weighted by Gasteiger charge is 2.18. The quantitative estimate of drug-likeness (QED) is 0.287. The van der Waals surface area contributed by atoms with Gasteiger partial charge in [0.15, 0.2) is 0 Å². The molecule has 19 heavy (non-hydrogen) atoms. The first-order chi connectivity index (χ1) is 8.72. The maximum atomic E-state index is 10.4. The third-order valence-corrected chi connectivity index (χ3v) is 1.90. The summed E-state index contributed by atoms with van der Waals surface area (Å²) in [6.07, 6.45) is 1.32. The molecule has 106 valence electrons. The van der Waals surface area contributed by atoms with Crippen LogP contribution in [0.1, 0.15) is 20.8 Å². The number of nitro groups is 1. The predicted octanol–water partition coefficient (Wildman–Crippen LogP) is 1.89. The second kappa shape index (κ2) is 7.49. The number of nitrogens with zero attached hydrogens (tertiary/aromatic N) is 2. The second-order valence-corrected chi connectivity index (χ2v) is 4.58. The molecule has 1 rings (SSSR count). The zero-order chi connectivity index (χ0) is 15.1. The molecule has 0 aliphatic carbocycles. The summed E-state index contributed by atoms with van der Waals surface area (Å²) in [5, 5.41) is 10.2. The average Bonchev–Trinajstić information content (AvgIpc) is 2.27. The highest BCUT2D eigenvalue weighted by Crippen LogP contribution is 2.29. The Kier molecular flexibility index (Phi) is 6.73. The average molecular weight is 291 g/mol. The molecular weight excluding hydrogens is 276 g/mol. The Labute approximate surface area is 115 Å². The molecule has 0 fully saturated rings. The lowest BCUT2D eigenvalue weighted by Gasteiger charge is -2.14. The van der Waals surface area contributed by atoms with Crippen molar-refractivity contribution < 1.29 is 14.5 Å². The van der Waals surface area contributed by atoms with E-state index in [-0.39, 0.29) is 22.1 Å². The van der Waals surface area contributed by atoms with E-state index in [0.717, 1.165) is 0 Å². The normalized spacial score (nSPS) is 9.95. The van der Waals surface area contributed by atoms with E-state index in [1.54, 1.807) is 0 Å². The lowest BCUT2D eigenvalue weighted by atomic mass is 10.2. The van der Waals surface area contributed by atoms with Gasteiger partial charge in [-0.1, -0.05) is 11.6 Å². The Hall–Kier alpha value is -1.93. The van der Waals surface area contributed by atoms with E-state index in [0.29, 0.717) is 6.47 Å². The fourth-order valence-electron chi connectivity index (χ4n) is 0.863. The lowest BCUT2D eigenvalue weighted by Crippen LogP contribution is -2.17. The van der Waals surface area contributed by atoms with Crippen LogP contribution in [0.25, 0.3) is 0 Å². The van der Waals surface area contributed by atoms with E-state index in [2.05, 4.69) is 15.1 Å². The van der Waals surface area contributed by atoms with Gasteiger partial charge in [0, 0.05) is 6.20 Å². The number of hydrogen-bond acceptors (Lipinski definition) is 7. The van der Waals surface area contributed by atoms with Gasteiger partial charge in [-0.15, -0.1) is 0 Å². The van der Waals surface area contributed by atoms with Gasteiger partial charge in [0.25, 0.3) is 6.47 Å². The Morgan fingerprint density at radius 1 is 1.58 bits per heavy atom. The SMILES string of the molecule is CC(C)(C)OC=O.NNc1ccnc(Cl)c1[N+](=O)[O-]. The van der Waals surface area contributed by atoms with Gasteiger partial charge in [-0.05, 0) is 26.8 Å². The zero-order valence-electron chi connectivity index (χ0n) is 10.7. The molecule has 0 bridgehead atoms. The largest absolute Gasteiger partial charge is 0.462 e. The monoisotopic (exact) mass is 290 g/mol. The molecule has 0 aromatic carbocycles. The number of nitrogens with two attached hydrogens (primary N) is 1. The maximum absolute atomic E-state index is 10.4. The molecule has 0 unspecified atom stereocenters. The molecule has 0 atom stereocenters. The van der Waals surface area contributed by atoms with Gasteiger partial charge in [-0.2, -0.15) is 0 Å². The summed E-state index contributed by atoms with van der Waals surface area (Å²) >= 11 is 5.45. The molecular formula is C10H15ClN4O4. The van der Waals surface area contributed by atoms with Crippen LogP contribution in [0, 0.1) is 10.1 Å². The first kappa shape index (κ1) is 17.1. The molecule has 0 amide bonds. The Morgan fingerprint density at radius 2 is 2.16 bits per heavy atom. The molecule has 8 nitrogen and oxygen atoms in total. The van der Waals surface area contributed by atoms with Crippen LogP contribution in [0.3, 0.4) is 0 Å². The number of nitrogen functional groups attached to an aromatic ring is 1. The van der Waals surface area contributed by atoms with Gasteiger partial charge in [0.05, 0.1) is 4.92 Å². The molecule has 9 heteroatoms. The summed E-state index contributed by atoms with van der Waals surface area (Å²) < 4.78 is 4.55. The van der Waals surface area contributed by atoms with Gasteiger partial charge in [-0.25, -0.2) is 4.98 Å². The van der Waals surface area contributed by atoms with Crippen LogP contribution >= 0.6 is 11.6 Å². The summed E-state index contributed by atoms with van der Waals surface area (Å²) in [6, 6.07) is 1.37. The molecule has 1 heterocycles. The van der Waals surface area contributed by atoms with Crippen molar-refractivity contribution in [3.63, 3.8) is 0 Å². The second-order valence-electron chi connectivity index (χ2n) is 4.23. The summed E-state index contributed by atoms with van der Waals surface area (Å²) in [5.74, 6) is 5.02. The van der Waals surface area contributed by atoms with Gasteiger partial charge in [-0.3, -0.25) is 20.8 Å². The number of ether oxygens (including phenoxy) is 1. The van der Waals surface area contributed by atoms with Crippen LogP contribution in [-0.4, -0.2) is 22.0 Å². The molecule has 0 saturated carbocycles. The van der Waals surface area contributed by atoms with E-state index in [9.17, 15) is 14.9 Å². The van der Waals surface area contributed by atoms with Gasteiger partial charge in [0.1, 0.15) is 11.3 Å². The number of halogens is 1. The van der Waals surface area contributed by atoms with Gasteiger partial charge >= 0.3 is 5.69 Å². The van der Waals surface area contributed by atoms with Crippen molar-refractivity contribution in [1.82, 2.24) is 4.98 Å². The lowest BCUT2D eigenvalue weighted by molar-refractivity contribution is -0.384. The number of carbonyl (C=O) groups is 1. The zero-order valence-corrected chi connectivity index (χ0v) is 11.5. The highest BCUT2D eigenvalue weighted by molar-refractivity contribution is 6.32. The fraction of sp³-hybridized carbons (Fsp3) is 0.400. The first-order valence-corrected chi connectivity index (χ1v) is 5.47. The maximum Gasteiger partial charge on any atom is 0.330 e. The molecule has 0 spiro atoms. The number of rotatable bonds is 3. The van der Waals surface area contributed by atoms with Crippen LogP contribution in [0.5, 0.6) is 0 Å². The van der Waals surface area contributed by atoms with E-state index >= 15 is 0 Å². The standard InChI is InChI=1S/C5H5ClN4O2.C5H10O2/c6-5-4(10(11)12)3(9-7)1-2-8-5;1-5(2,3)7-4-6/h1-2H,7H2,(H,8,9);4H,1-3H3. The Balaban J connectivity index is 0.000000399. The van der Waals surface area contributed by atoms with Gasteiger partial charge in [0.2, 0.25) is 5.15 Å². The molecule has 1 aromatic rings. The third-order valence-electron chi connectivity index (χ3n) is 1.62. The molecule has 3 N–H and O–H groups in total. The van der Waals surface area contributed by atoms with Crippen molar-refractivity contribution in [2.24, 2.45) is 5.84 Å². The number of pyridine rings is 1. The first-order valence-electron chi connectivity index (χ1n) is 5.10. The minimum absolute atomic E-state index is 0.139. The minimum Gasteiger partial charge on any atom is -0.462 e. The Morgan fingerprint density at radius 3 is 2.42 bits per heavy atom. The van der Waals surface area contributed by atoms with Crippen molar-refractivity contribution in [3.05, 3.63) is 27.5 Å². The highest BCUT2D eigenvalue weighted by atomic mass is 35.5. The fourth-order valence-corrected chi connectivity index (χ4v) is 1.09. The molecule has 1 aromatic heterocycles. The summed E-state index contributed by atoms with van der Waals surface area (Å²) in [4.78, 5) is 22.9. The number of aromatic nitrogens is 1. The van der Waals surface area contributed by atoms with Crippen molar-refractivity contribution in [2.45, 2.75) is 26.4 Å². The van der Waals surface area contributed by atoms with Crippen molar-refractivity contribution in [1.29, 1.82) is 0 Å². The van der Waals surface area contributed by atoms with Crippen molar-refractivity contribution in [2.75, 3.05) is 5.43 Å². The van der Waals surface area contributed by atoms with E-state index in [1.807, 2.05) is 20.8 Å². The Bertz CT molecular complexity index is 448. The summed E-state index contributed by atoms with van der Waals surface area (Å²) in [7, 11) is 0. The number of nitrogens with one attached hydrogen (secondary N) is 1. The molecule has 0 saturated heterocycles. The van der Waals surface area contributed by atoms with E-state index < -0.39 is 4.92 Å². The van der Waals surface area contributed by atoms with E-state index in [1.165, 1.54) is 12.3 Å². The number of anilines is 1. The molecule has 0 radical (unpaired) electrons. The van der Waals surface area contributed by atoms with Gasteiger partial charge < -0.3 is 10.2 Å². The van der Waals surface area contributed by atoms with Crippen molar-refractivity contribution >= 4 is 29.4 Å². The van der Waals surface area contributed by atoms with Crippen LogP contribution in [0.2, 0.25) is 5.15 Å². The van der Waals surface area contributed by atoms with Crippen molar-refractivity contribution in [3.8, 4) is 0 Å². The van der Waals surface area contributed by atoms with Crippen LogP contribution < -0.4 is 11.3 Å². The smallest absolute Gasteiger partial charge is 0.330 e. The molecule has 0 aliphatic rings. The third kappa shape index (κ3) is 6.53. The molecule has 0 aliphatic heterocycles. The summed E-state index contributed by atoms with van der Waals surface area (Å²) in [6.45, 7) is 5.92. The van der Waals surface area contributed by atoms with Crippen LogP contribution in [0.15, 0.2) is 12.3 Å². The topological polar surface area (TPSA) is 120 Å². The summed E-state index contributed by atoms with van der Waals surface area (Å²) in [5.41, 5.74) is 1.65. The minimum atomic E-state index is -0.648. The number of hydrogen-bond donors (Lipinski definition) is 2. The van der Waals surface area contributed by atoms with Crippen LogP contribution in [0.4, 0.5) is 11.4 Å². The predicted molar refractivity (Wildman–Crippen MR) is 70.6 cm³/mol. The van der Waals surface area contributed by atoms with E-state index in [4.69, 9.17) is 17.4 Å².